The highest BCUT2D eigenvalue weighted by atomic mass is 16.7. The van der Waals surface area contributed by atoms with Crippen molar-refractivity contribution in [3.63, 3.8) is 0 Å². The molecule has 2 bridgehead atoms. The van der Waals surface area contributed by atoms with Gasteiger partial charge in [0, 0.05) is 25.8 Å². The number of esters is 1. The van der Waals surface area contributed by atoms with Gasteiger partial charge in [-0.3, -0.25) is 10.1 Å². The van der Waals surface area contributed by atoms with Gasteiger partial charge in [-0.2, -0.15) is 0 Å². The maximum Gasteiger partial charge on any atom is 0.309 e. The molecular weight excluding hydrogens is 406 g/mol. The van der Waals surface area contributed by atoms with Crippen molar-refractivity contribution in [2.45, 2.75) is 109 Å². The van der Waals surface area contributed by atoms with Crippen LogP contribution in [0.15, 0.2) is 12.2 Å². The van der Waals surface area contributed by atoms with E-state index >= 15 is 0 Å². The minimum absolute atomic E-state index is 0.0174. The number of nitrogens with one attached hydrogen (secondary N) is 1. The highest BCUT2D eigenvalue weighted by molar-refractivity contribution is 5.73. The van der Waals surface area contributed by atoms with Gasteiger partial charge in [0.05, 0.1) is 18.1 Å². The second-order valence-electron chi connectivity index (χ2n) is 11.9. The van der Waals surface area contributed by atoms with Gasteiger partial charge in [-0.25, -0.2) is 0 Å². The molecule has 5 aliphatic heterocycles. The number of hydrogen-bond acceptors (Lipinski definition) is 6. The minimum Gasteiger partial charge on any atom is -0.457 e. The van der Waals surface area contributed by atoms with E-state index in [1.165, 1.54) is 6.42 Å². The van der Waals surface area contributed by atoms with Gasteiger partial charge in [-0.15, -0.1) is 0 Å². The fourth-order valence-corrected chi connectivity index (χ4v) is 7.19. The van der Waals surface area contributed by atoms with Crippen molar-refractivity contribution in [2.24, 2.45) is 29.6 Å². The third kappa shape index (κ3) is 3.85. The van der Waals surface area contributed by atoms with Gasteiger partial charge in [0.25, 0.3) is 0 Å². The van der Waals surface area contributed by atoms with E-state index in [9.17, 15) is 4.79 Å². The van der Waals surface area contributed by atoms with Gasteiger partial charge >= 0.3 is 5.97 Å². The number of carbonyl (C=O) groups is 1. The van der Waals surface area contributed by atoms with Crippen LogP contribution in [0.1, 0.15) is 73.1 Å². The molecule has 6 heteroatoms. The van der Waals surface area contributed by atoms with Crippen LogP contribution in [-0.4, -0.2) is 48.4 Å². The monoisotopic (exact) mass is 447 g/mol. The quantitative estimate of drug-likeness (QED) is 0.517. The second-order valence-corrected chi connectivity index (χ2v) is 11.9. The summed E-state index contributed by atoms with van der Waals surface area (Å²) in [6, 6.07) is 0. The summed E-state index contributed by atoms with van der Waals surface area (Å²) in [6.45, 7) is 16.3. The van der Waals surface area contributed by atoms with Gasteiger partial charge < -0.3 is 18.9 Å². The van der Waals surface area contributed by atoms with Crippen molar-refractivity contribution in [3.8, 4) is 0 Å². The molecule has 0 aromatic carbocycles. The molecule has 1 spiro atoms. The summed E-state index contributed by atoms with van der Waals surface area (Å²) in [5.41, 5.74) is 0.601. The lowest BCUT2D eigenvalue weighted by Gasteiger charge is -2.52. The maximum atomic E-state index is 12.2. The number of hydrogen-bond donors (Lipinski definition) is 1. The van der Waals surface area contributed by atoms with E-state index in [0.717, 1.165) is 37.8 Å². The van der Waals surface area contributed by atoms with Crippen molar-refractivity contribution < 1.29 is 23.7 Å². The van der Waals surface area contributed by atoms with E-state index in [4.69, 9.17) is 18.9 Å². The molecule has 5 aliphatic rings. The number of rotatable bonds is 3. The van der Waals surface area contributed by atoms with Crippen LogP contribution in [0.3, 0.4) is 0 Å². The predicted octanol–water partition coefficient (Wildman–Crippen LogP) is 4.18. The smallest absolute Gasteiger partial charge is 0.309 e. The Kier molecular flexibility index (Phi) is 5.76. The van der Waals surface area contributed by atoms with E-state index < -0.39 is 5.79 Å². The Morgan fingerprint density at radius 3 is 2.50 bits per heavy atom. The molecule has 180 valence electrons. The summed E-state index contributed by atoms with van der Waals surface area (Å²) < 4.78 is 26.0. The molecule has 0 saturated carbocycles. The van der Waals surface area contributed by atoms with E-state index in [-0.39, 0.29) is 47.9 Å². The lowest BCUT2D eigenvalue weighted by molar-refractivity contribution is -0.364. The molecule has 0 aromatic heterocycles. The predicted molar refractivity (Wildman–Crippen MR) is 121 cm³/mol. The Hall–Kier alpha value is -0.950. The topological polar surface area (TPSA) is 66.0 Å². The molecule has 5 rings (SSSR count). The summed E-state index contributed by atoms with van der Waals surface area (Å²) in [4.78, 5) is 12.2. The SMILES string of the molecule is C=C(C[C@@]12C[C@@H](C)C[C@H](O1)[C@H]1O[C@]3(C[C@H]1O2)NC[C@H](C)C[C@@H]3C)[C@@H]1OC(=O)[C@@H](C)C[C@H]1C. The first kappa shape index (κ1) is 22.8. The van der Waals surface area contributed by atoms with Gasteiger partial charge in [-0.1, -0.05) is 41.2 Å². The van der Waals surface area contributed by atoms with Crippen LogP contribution in [0.2, 0.25) is 0 Å². The molecule has 0 amide bonds. The van der Waals surface area contributed by atoms with Crippen LogP contribution < -0.4 is 5.32 Å². The van der Waals surface area contributed by atoms with Crippen LogP contribution in [0.5, 0.6) is 0 Å². The molecule has 0 radical (unpaired) electrons. The summed E-state index contributed by atoms with van der Waals surface area (Å²) in [6.07, 6.45) is 5.01. The van der Waals surface area contributed by atoms with Crippen LogP contribution >= 0.6 is 0 Å². The number of fused-ring (bicyclic) bond motifs is 4. The van der Waals surface area contributed by atoms with Crippen molar-refractivity contribution in [2.75, 3.05) is 6.54 Å². The molecule has 11 atom stereocenters. The summed E-state index contributed by atoms with van der Waals surface area (Å²) in [5.74, 6) is 0.969. The van der Waals surface area contributed by atoms with Gasteiger partial charge in [0.1, 0.15) is 17.9 Å². The van der Waals surface area contributed by atoms with Crippen molar-refractivity contribution in [1.82, 2.24) is 5.32 Å². The average molecular weight is 448 g/mol. The normalized spacial score (nSPS) is 53.0. The molecule has 5 heterocycles. The molecule has 0 aliphatic carbocycles. The zero-order valence-electron chi connectivity index (χ0n) is 20.4. The van der Waals surface area contributed by atoms with Crippen molar-refractivity contribution in [1.29, 1.82) is 0 Å². The highest BCUT2D eigenvalue weighted by Gasteiger charge is 2.61. The Morgan fingerprint density at radius 2 is 1.75 bits per heavy atom. The van der Waals surface area contributed by atoms with Crippen LogP contribution in [0, 0.1) is 29.6 Å². The van der Waals surface area contributed by atoms with Crippen molar-refractivity contribution >= 4 is 5.97 Å². The first-order valence-corrected chi connectivity index (χ1v) is 12.8. The molecule has 5 fully saturated rings. The second kappa shape index (κ2) is 8.07. The van der Waals surface area contributed by atoms with Crippen LogP contribution in [-0.2, 0) is 23.7 Å². The summed E-state index contributed by atoms with van der Waals surface area (Å²) in [7, 11) is 0. The highest BCUT2D eigenvalue weighted by Crippen LogP contribution is 2.52. The summed E-state index contributed by atoms with van der Waals surface area (Å²) >= 11 is 0. The molecular formula is C26H41NO5. The van der Waals surface area contributed by atoms with E-state index in [2.05, 4.69) is 39.6 Å². The van der Waals surface area contributed by atoms with Gasteiger partial charge in [0.15, 0.2) is 5.79 Å². The number of piperidine rings is 1. The summed E-state index contributed by atoms with van der Waals surface area (Å²) in [5, 5.41) is 3.73. The molecule has 32 heavy (non-hydrogen) atoms. The molecule has 5 saturated heterocycles. The first-order valence-electron chi connectivity index (χ1n) is 12.8. The largest absolute Gasteiger partial charge is 0.457 e. The standard InChI is InChI=1S/C26H41NO5/c1-14-8-20-23-21(12-26(32-23)19(6)7-15(2)13-27-26)31-25(10-14,30-20)11-18(5)22-16(3)9-17(4)24(28)29-22/h14-17,19-23,27H,5,7-13H2,1-4,6H3/t14-,15+,16+,17-,19-,20-,21+,22+,23+,25-,26-/m0/s1. The average Bonchev–Trinajstić information content (AvgIpc) is 3.07. The Balaban J connectivity index is 1.34. The number of cyclic esters (lactones) is 1. The number of ether oxygens (including phenoxy) is 4. The van der Waals surface area contributed by atoms with Crippen LogP contribution in [0.4, 0.5) is 0 Å². The van der Waals surface area contributed by atoms with Gasteiger partial charge in [0.2, 0.25) is 0 Å². The number of carbonyl (C=O) groups excluding carboxylic acids is 1. The van der Waals surface area contributed by atoms with Crippen LogP contribution in [0.25, 0.3) is 0 Å². The Bertz CT molecular complexity index is 771. The fraction of sp³-hybridized carbons (Fsp3) is 0.885. The van der Waals surface area contributed by atoms with E-state index in [1.807, 2.05) is 6.92 Å². The lowest BCUT2D eigenvalue weighted by Crippen LogP contribution is -2.59. The van der Waals surface area contributed by atoms with E-state index in [1.54, 1.807) is 0 Å². The zero-order valence-corrected chi connectivity index (χ0v) is 20.4. The molecule has 0 aromatic rings. The third-order valence-corrected chi connectivity index (χ3v) is 8.70. The van der Waals surface area contributed by atoms with Crippen molar-refractivity contribution in [3.05, 3.63) is 12.2 Å². The zero-order chi connectivity index (χ0) is 22.8. The van der Waals surface area contributed by atoms with Gasteiger partial charge in [-0.05, 0) is 48.5 Å². The minimum atomic E-state index is -0.699. The fourth-order valence-electron chi connectivity index (χ4n) is 7.19. The molecule has 6 nitrogen and oxygen atoms in total. The molecule has 0 unspecified atom stereocenters. The maximum absolute atomic E-state index is 12.2. The lowest BCUT2D eigenvalue weighted by atomic mass is 9.79. The Labute approximate surface area is 192 Å². The first-order chi connectivity index (χ1) is 15.1. The third-order valence-electron chi connectivity index (χ3n) is 8.70. The van der Waals surface area contributed by atoms with E-state index in [0.29, 0.717) is 24.2 Å². The Morgan fingerprint density at radius 1 is 1.00 bits per heavy atom. The molecule has 1 N–H and O–H groups in total.